The minimum atomic E-state index is -4.26. The number of benzene rings is 4. The van der Waals surface area contributed by atoms with Crippen LogP contribution in [0.25, 0.3) is 0 Å². The average Bonchev–Trinajstić information content (AvgIpc) is 3.58. The number of nitrogens with zero attached hydrogens (tertiary/aromatic N) is 2. The minimum absolute atomic E-state index is 0.0175. The van der Waals surface area contributed by atoms with Gasteiger partial charge in [0, 0.05) is 24.0 Å². The van der Waals surface area contributed by atoms with Crippen LogP contribution in [0.1, 0.15) is 42.4 Å². The van der Waals surface area contributed by atoms with Gasteiger partial charge in [-0.3, -0.25) is 13.9 Å². The molecule has 0 aliphatic heterocycles. The summed E-state index contributed by atoms with van der Waals surface area (Å²) in [5.74, 6) is -0.282. The molecule has 4 aromatic carbocycles. The van der Waals surface area contributed by atoms with Gasteiger partial charge in [0.2, 0.25) is 11.8 Å². The molecule has 0 saturated heterocycles. The number of aryl methyl sites for hydroxylation is 1. The quantitative estimate of drug-likeness (QED) is 0.174. The number of hydrogen-bond acceptors (Lipinski definition) is 5. The smallest absolute Gasteiger partial charge is 0.264 e. The normalized spacial score (nSPS) is 13.9. The second kappa shape index (κ2) is 15.5. The zero-order chi connectivity index (χ0) is 33.4. The molecule has 0 spiro atoms. The number of methoxy groups -OCH3 is 1. The molecule has 0 bridgehead atoms. The maximum Gasteiger partial charge on any atom is 0.264 e. The fourth-order valence-electron chi connectivity index (χ4n) is 5.96. The highest BCUT2D eigenvalue weighted by molar-refractivity contribution is 7.92. The van der Waals surface area contributed by atoms with Gasteiger partial charge >= 0.3 is 0 Å². The molecular weight excluding hydrogens is 634 g/mol. The maximum atomic E-state index is 14.6. The van der Waals surface area contributed by atoms with E-state index < -0.39 is 28.5 Å². The van der Waals surface area contributed by atoms with Crippen LogP contribution >= 0.6 is 11.6 Å². The number of nitrogens with one attached hydrogen (secondary N) is 1. The van der Waals surface area contributed by atoms with E-state index in [1.807, 2.05) is 61.5 Å². The van der Waals surface area contributed by atoms with Crippen LogP contribution in [0.3, 0.4) is 0 Å². The third kappa shape index (κ3) is 8.73. The number of hydrogen-bond donors (Lipinski definition) is 1. The van der Waals surface area contributed by atoms with E-state index in [2.05, 4.69) is 5.32 Å². The Morgan fingerprint density at radius 3 is 2.23 bits per heavy atom. The van der Waals surface area contributed by atoms with E-state index in [-0.39, 0.29) is 35.5 Å². The SMILES string of the molecule is COc1ccc(S(=O)(=O)N(CC(=O)N(Cc2cccc(C)c2)C(Cc2ccccc2)C(=O)NC2CCCC2)c2cccc(Cl)c2)cc1. The highest BCUT2D eigenvalue weighted by Crippen LogP contribution is 2.28. The van der Waals surface area contributed by atoms with Crippen LogP contribution < -0.4 is 14.4 Å². The molecule has 1 N–H and O–H groups in total. The first kappa shape index (κ1) is 34.0. The number of sulfonamides is 1. The standard InChI is InChI=1S/C37H40ClN3O5S/c1-27-10-8-13-29(22-27)25-40(35(23-28-11-4-3-5-12-28)37(43)39-31-15-6-7-16-31)36(42)26-41(32-17-9-14-30(38)24-32)47(44,45)34-20-18-33(46-2)19-21-34/h3-5,8-14,17-22,24,31,35H,6-7,15-16,23,25-26H2,1-2H3,(H,39,43). The lowest BCUT2D eigenvalue weighted by Crippen LogP contribution is -2.54. The van der Waals surface area contributed by atoms with Crippen LogP contribution in [0.2, 0.25) is 5.02 Å². The van der Waals surface area contributed by atoms with E-state index in [0.717, 1.165) is 46.7 Å². The van der Waals surface area contributed by atoms with Crippen LogP contribution in [-0.2, 0) is 32.6 Å². The Balaban J connectivity index is 1.56. The lowest BCUT2D eigenvalue weighted by Gasteiger charge is -2.34. The van der Waals surface area contributed by atoms with E-state index in [1.54, 1.807) is 30.3 Å². The molecule has 1 aliphatic rings. The van der Waals surface area contributed by atoms with Crippen molar-refractivity contribution in [2.45, 2.75) is 62.6 Å². The van der Waals surface area contributed by atoms with Crippen LogP contribution in [0.4, 0.5) is 5.69 Å². The van der Waals surface area contributed by atoms with Crippen LogP contribution in [0.15, 0.2) is 108 Å². The van der Waals surface area contributed by atoms with Gasteiger partial charge < -0.3 is 15.0 Å². The Morgan fingerprint density at radius 1 is 0.894 bits per heavy atom. The van der Waals surface area contributed by atoms with Gasteiger partial charge in [0.05, 0.1) is 17.7 Å². The zero-order valence-electron chi connectivity index (χ0n) is 26.6. The first-order valence-corrected chi connectivity index (χ1v) is 17.6. The van der Waals surface area contributed by atoms with Gasteiger partial charge in [-0.2, -0.15) is 0 Å². The summed E-state index contributed by atoms with van der Waals surface area (Å²) < 4.78 is 34.7. The van der Waals surface area contributed by atoms with Crippen molar-refractivity contribution in [3.05, 3.63) is 125 Å². The molecule has 1 fully saturated rings. The van der Waals surface area contributed by atoms with Gasteiger partial charge in [0.25, 0.3) is 10.0 Å². The predicted octanol–water partition coefficient (Wildman–Crippen LogP) is 6.55. The summed E-state index contributed by atoms with van der Waals surface area (Å²) in [6.45, 7) is 1.52. The second-order valence-electron chi connectivity index (χ2n) is 11.9. The van der Waals surface area contributed by atoms with Crippen molar-refractivity contribution >= 4 is 39.1 Å². The van der Waals surface area contributed by atoms with Crippen molar-refractivity contribution in [2.75, 3.05) is 18.0 Å². The largest absolute Gasteiger partial charge is 0.497 e. The number of halogens is 1. The monoisotopic (exact) mass is 673 g/mol. The summed E-state index contributed by atoms with van der Waals surface area (Å²) in [5.41, 5.74) is 2.95. The van der Waals surface area contributed by atoms with Gasteiger partial charge in [-0.15, -0.1) is 0 Å². The highest BCUT2D eigenvalue weighted by Gasteiger charge is 2.35. The van der Waals surface area contributed by atoms with Crippen molar-refractivity contribution < 1.29 is 22.7 Å². The molecule has 10 heteroatoms. The Morgan fingerprint density at radius 2 is 1.57 bits per heavy atom. The fraction of sp³-hybridized carbons (Fsp3) is 0.297. The first-order valence-electron chi connectivity index (χ1n) is 15.8. The van der Waals surface area contributed by atoms with Crippen molar-refractivity contribution in [1.29, 1.82) is 0 Å². The van der Waals surface area contributed by atoms with Crippen LogP contribution in [0.5, 0.6) is 5.75 Å². The molecule has 0 aromatic heterocycles. The molecule has 0 radical (unpaired) electrons. The molecule has 1 aliphatic carbocycles. The third-order valence-corrected chi connectivity index (χ3v) is 10.5. The van der Waals surface area contributed by atoms with E-state index >= 15 is 0 Å². The topological polar surface area (TPSA) is 96.0 Å². The molecule has 246 valence electrons. The molecule has 1 saturated carbocycles. The molecule has 8 nitrogen and oxygen atoms in total. The molecule has 4 aromatic rings. The summed E-state index contributed by atoms with van der Waals surface area (Å²) in [4.78, 5) is 30.3. The molecule has 2 amide bonds. The van der Waals surface area contributed by atoms with E-state index in [1.165, 1.54) is 30.2 Å². The summed E-state index contributed by atoms with van der Waals surface area (Å²) in [6, 6.07) is 28.8. The number of amides is 2. The van der Waals surface area contributed by atoms with Crippen LogP contribution in [-0.4, -0.2) is 50.9 Å². The van der Waals surface area contributed by atoms with Gasteiger partial charge in [-0.1, -0.05) is 90.7 Å². The summed E-state index contributed by atoms with van der Waals surface area (Å²) >= 11 is 6.32. The Hall–Kier alpha value is -4.34. The van der Waals surface area contributed by atoms with E-state index in [4.69, 9.17) is 16.3 Å². The van der Waals surface area contributed by atoms with Crippen molar-refractivity contribution in [3.63, 3.8) is 0 Å². The van der Waals surface area contributed by atoms with Crippen molar-refractivity contribution in [2.24, 2.45) is 0 Å². The second-order valence-corrected chi connectivity index (χ2v) is 14.2. The van der Waals surface area contributed by atoms with Crippen LogP contribution in [0, 0.1) is 6.92 Å². The minimum Gasteiger partial charge on any atom is -0.497 e. The summed E-state index contributed by atoms with van der Waals surface area (Å²) in [6.07, 6.45) is 4.12. The average molecular weight is 674 g/mol. The molecule has 0 heterocycles. The fourth-order valence-corrected chi connectivity index (χ4v) is 7.55. The van der Waals surface area contributed by atoms with Gasteiger partial charge in [-0.05, 0) is 73.4 Å². The lowest BCUT2D eigenvalue weighted by molar-refractivity contribution is -0.140. The molecule has 47 heavy (non-hydrogen) atoms. The number of carbonyl (C=O) groups is 2. The Bertz CT molecular complexity index is 1780. The van der Waals surface area contributed by atoms with Crippen molar-refractivity contribution in [1.82, 2.24) is 10.2 Å². The zero-order valence-corrected chi connectivity index (χ0v) is 28.2. The highest BCUT2D eigenvalue weighted by atomic mass is 35.5. The number of rotatable bonds is 13. The van der Waals surface area contributed by atoms with E-state index in [0.29, 0.717) is 10.8 Å². The number of ether oxygens (including phenoxy) is 1. The maximum absolute atomic E-state index is 14.6. The van der Waals surface area contributed by atoms with Gasteiger partial charge in [0.1, 0.15) is 18.3 Å². The van der Waals surface area contributed by atoms with Crippen molar-refractivity contribution in [3.8, 4) is 5.75 Å². The lowest BCUT2D eigenvalue weighted by atomic mass is 10.0. The predicted molar refractivity (Wildman–Crippen MR) is 185 cm³/mol. The number of anilines is 1. The van der Waals surface area contributed by atoms with Gasteiger partial charge in [0.15, 0.2) is 0 Å². The summed E-state index contributed by atoms with van der Waals surface area (Å²) in [5, 5.41) is 3.52. The molecular formula is C37H40ClN3O5S. The van der Waals surface area contributed by atoms with E-state index in [9.17, 15) is 18.0 Å². The number of carbonyl (C=O) groups excluding carboxylic acids is 2. The summed E-state index contributed by atoms with van der Waals surface area (Å²) in [7, 11) is -2.76. The Kier molecular flexibility index (Phi) is 11.2. The molecule has 1 unspecified atom stereocenters. The third-order valence-electron chi connectivity index (χ3n) is 8.43. The first-order chi connectivity index (χ1) is 22.6. The molecule has 5 rings (SSSR count). The van der Waals surface area contributed by atoms with Gasteiger partial charge in [-0.25, -0.2) is 8.42 Å². The molecule has 1 atom stereocenters. The Labute approximate surface area is 282 Å².